The first kappa shape index (κ1) is 15.6. The Morgan fingerprint density at radius 3 is 2.79 bits per heavy atom. The number of rotatable bonds is 2. The van der Waals surface area contributed by atoms with Crippen LogP contribution in [0.25, 0.3) is 0 Å². The molecule has 1 amide bonds. The molecule has 0 saturated heterocycles. The summed E-state index contributed by atoms with van der Waals surface area (Å²) in [5.41, 5.74) is 6.78. The zero-order valence-electron chi connectivity index (χ0n) is 13.5. The molecule has 1 atom stereocenters. The van der Waals surface area contributed by atoms with Crippen molar-refractivity contribution in [3.8, 4) is 0 Å². The highest BCUT2D eigenvalue weighted by molar-refractivity contribution is 7.80. The smallest absolute Gasteiger partial charge is 0.235 e. The minimum absolute atomic E-state index is 0.0723. The van der Waals surface area contributed by atoms with Gasteiger partial charge in [-0.2, -0.15) is 0 Å². The van der Waals surface area contributed by atoms with E-state index in [1.54, 1.807) is 5.01 Å². The molecule has 124 valence electrons. The van der Waals surface area contributed by atoms with E-state index in [9.17, 15) is 4.79 Å². The second-order valence-corrected chi connectivity index (χ2v) is 7.73. The molecule has 1 unspecified atom stereocenters. The summed E-state index contributed by atoms with van der Waals surface area (Å²) in [5, 5.41) is 6.82. The fourth-order valence-corrected chi connectivity index (χ4v) is 5.25. The summed E-state index contributed by atoms with van der Waals surface area (Å²) in [6.45, 7) is 1.52. The predicted molar refractivity (Wildman–Crippen MR) is 101 cm³/mol. The predicted octanol–water partition coefficient (Wildman–Crippen LogP) is 3.78. The molecule has 4 nitrogen and oxygen atoms in total. The number of nitrogens with one attached hydrogen (secondary N) is 2. The second kappa shape index (κ2) is 6.18. The minimum atomic E-state index is -0.118. The van der Waals surface area contributed by atoms with E-state index in [0.29, 0.717) is 5.11 Å². The number of hydrazine groups is 1. The number of hydrogen-bond donors (Lipinski definition) is 2. The number of nitrogens with zero attached hydrogens (tertiary/aromatic N) is 1. The number of aryl methyl sites for hydroxylation is 1. The summed E-state index contributed by atoms with van der Waals surface area (Å²) in [5.74, 6) is -0.118. The third-order valence-electron chi connectivity index (χ3n) is 4.58. The maximum Gasteiger partial charge on any atom is 0.235 e. The monoisotopic (exact) mass is 357 g/mol. The molecule has 0 fully saturated rings. The summed E-state index contributed by atoms with van der Waals surface area (Å²) in [4.78, 5) is 13.2. The molecule has 1 aromatic heterocycles. The van der Waals surface area contributed by atoms with Gasteiger partial charge < -0.3 is 5.32 Å². The summed E-state index contributed by atoms with van der Waals surface area (Å²) in [6, 6.07) is 10.2. The average Bonchev–Trinajstić information content (AvgIpc) is 2.93. The van der Waals surface area contributed by atoms with E-state index < -0.39 is 0 Å². The van der Waals surface area contributed by atoms with Gasteiger partial charge in [-0.05, 0) is 49.0 Å². The fourth-order valence-electron chi connectivity index (χ4n) is 3.61. The van der Waals surface area contributed by atoms with Gasteiger partial charge in [0.15, 0.2) is 5.11 Å². The van der Waals surface area contributed by atoms with Crippen molar-refractivity contribution >= 4 is 39.6 Å². The van der Waals surface area contributed by atoms with Gasteiger partial charge in [0, 0.05) is 17.4 Å². The van der Waals surface area contributed by atoms with E-state index in [2.05, 4.69) is 22.9 Å². The van der Waals surface area contributed by atoms with Crippen molar-refractivity contribution in [2.75, 3.05) is 5.32 Å². The van der Waals surface area contributed by atoms with Crippen molar-refractivity contribution in [1.82, 2.24) is 10.4 Å². The molecular weight excluding hydrogens is 338 g/mol. The first-order chi connectivity index (χ1) is 11.6. The van der Waals surface area contributed by atoms with Crippen LogP contribution in [0.2, 0.25) is 0 Å². The lowest BCUT2D eigenvalue weighted by molar-refractivity contribution is -0.122. The lowest BCUT2D eigenvalue weighted by Crippen LogP contribution is -2.52. The zero-order valence-corrected chi connectivity index (χ0v) is 15.1. The van der Waals surface area contributed by atoms with E-state index in [1.807, 2.05) is 29.5 Å². The summed E-state index contributed by atoms with van der Waals surface area (Å²) < 4.78 is 0. The second-order valence-electron chi connectivity index (χ2n) is 6.24. The molecular formula is C18H19N3OS2. The largest absolute Gasteiger partial charge is 0.323 e. The highest BCUT2D eigenvalue weighted by Gasteiger charge is 2.37. The zero-order chi connectivity index (χ0) is 16.7. The number of carbonyl (C=O) groups is 1. The SMILES string of the molecule is CC(=O)NN1C(=S)Nc2sc3c(c2C1c1ccccc1)CCCC3. The van der Waals surface area contributed by atoms with Crippen LogP contribution in [0.3, 0.4) is 0 Å². The Morgan fingerprint density at radius 1 is 1.29 bits per heavy atom. The Labute approximate surface area is 150 Å². The maximum absolute atomic E-state index is 11.7. The Morgan fingerprint density at radius 2 is 2.04 bits per heavy atom. The van der Waals surface area contributed by atoms with Crippen LogP contribution in [0.5, 0.6) is 0 Å². The van der Waals surface area contributed by atoms with Gasteiger partial charge in [0.05, 0.1) is 0 Å². The van der Waals surface area contributed by atoms with Crippen LogP contribution in [-0.2, 0) is 17.6 Å². The van der Waals surface area contributed by atoms with Gasteiger partial charge in [-0.25, -0.2) is 5.01 Å². The van der Waals surface area contributed by atoms with Crippen LogP contribution in [-0.4, -0.2) is 16.0 Å². The van der Waals surface area contributed by atoms with E-state index in [1.165, 1.54) is 35.8 Å². The summed E-state index contributed by atoms with van der Waals surface area (Å²) in [7, 11) is 0. The summed E-state index contributed by atoms with van der Waals surface area (Å²) >= 11 is 7.37. The van der Waals surface area contributed by atoms with Gasteiger partial charge in [-0.1, -0.05) is 30.3 Å². The van der Waals surface area contributed by atoms with Crippen molar-refractivity contribution < 1.29 is 4.79 Å². The van der Waals surface area contributed by atoms with Gasteiger partial charge in [0.25, 0.3) is 0 Å². The third-order valence-corrected chi connectivity index (χ3v) is 6.10. The molecule has 0 bridgehead atoms. The number of amides is 1. The standard InChI is InChI=1S/C18H19N3OS2/c1-11(22)20-21-16(12-7-3-2-4-8-12)15-13-9-5-6-10-14(13)24-17(15)19-18(21)23/h2-4,7-8,16H,5-6,9-10H2,1H3,(H,19,23)(H,20,22). The molecule has 1 aliphatic heterocycles. The van der Waals surface area contributed by atoms with E-state index in [4.69, 9.17) is 12.2 Å². The molecule has 2 aromatic rings. The highest BCUT2D eigenvalue weighted by atomic mass is 32.1. The Bertz CT molecular complexity index is 800. The topological polar surface area (TPSA) is 44.4 Å². The first-order valence-electron chi connectivity index (χ1n) is 8.22. The lowest BCUT2D eigenvalue weighted by atomic mass is 9.89. The number of anilines is 1. The van der Waals surface area contributed by atoms with Gasteiger partial charge in [-0.15, -0.1) is 11.3 Å². The number of fused-ring (bicyclic) bond motifs is 3. The number of hydrogen-bond acceptors (Lipinski definition) is 3. The third kappa shape index (κ3) is 2.59. The molecule has 0 spiro atoms. The molecule has 2 aliphatic rings. The number of thiocarbonyl (C=S) groups is 1. The normalized spacial score (nSPS) is 19.3. The van der Waals surface area contributed by atoms with Crippen molar-refractivity contribution in [3.63, 3.8) is 0 Å². The van der Waals surface area contributed by atoms with E-state index in [-0.39, 0.29) is 11.9 Å². The number of thiophene rings is 1. The Balaban J connectivity index is 1.89. The summed E-state index contributed by atoms with van der Waals surface area (Å²) in [6.07, 6.45) is 4.72. The van der Waals surface area contributed by atoms with Gasteiger partial charge in [0.1, 0.15) is 11.0 Å². The van der Waals surface area contributed by atoms with Crippen molar-refractivity contribution in [1.29, 1.82) is 0 Å². The van der Waals surface area contributed by atoms with Gasteiger partial charge in [0.2, 0.25) is 5.91 Å². The van der Waals surface area contributed by atoms with Crippen LogP contribution < -0.4 is 10.7 Å². The molecule has 0 radical (unpaired) electrons. The van der Waals surface area contributed by atoms with Crippen LogP contribution in [0.15, 0.2) is 30.3 Å². The van der Waals surface area contributed by atoms with Crippen molar-refractivity contribution in [2.24, 2.45) is 0 Å². The van der Waals surface area contributed by atoms with Gasteiger partial charge in [-0.3, -0.25) is 10.2 Å². The van der Waals surface area contributed by atoms with Crippen LogP contribution in [0.4, 0.5) is 5.00 Å². The van der Waals surface area contributed by atoms with Crippen LogP contribution in [0.1, 0.15) is 47.4 Å². The molecule has 0 saturated carbocycles. The average molecular weight is 358 g/mol. The number of carbonyl (C=O) groups excluding carboxylic acids is 1. The maximum atomic E-state index is 11.7. The highest BCUT2D eigenvalue weighted by Crippen LogP contribution is 2.47. The Kier molecular flexibility index (Phi) is 4.02. The molecule has 6 heteroatoms. The molecule has 1 aromatic carbocycles. The molecule has 4 rings (SSSR count). The van der Waals surface area contributed by atoms with Crippen LogP contribution in [0, 0.1) is 0 Å². The quantitative estimate of drug-likeness (QED) is 0.803. The van der Waals surface area contributed by atoms with Crippen molar-refractivity contribution in [2.45, 2.75) is 38.6 Å². The van der Waals surface area contributed by atoms with Crippen LogP contribution >= 0.6 is 23.6 Å². The molecule has 2 heterocycles. The molecule has 24 heavy (non-hydrogen) atoms. The Hall–Kier alpha value is -1.92. The molecule has 1 aliphatic carbocycles. The number of benzene rings is 1. The van der Waals surface area contributed by atoms with E-state index >= 15 is 0 Å². The lowest BCUT2D eigenvalue weighted by Gasteiger charge is -2.38. The van der Waals surface area contributed by atoms with E-state index in [0.717, 1.165) is 23.4 Å². The molecule has 2 N–H and O–H groups in total. The minimum Gasteiger partial charge on any atom is -0.323 e. The first-order valence-corrected chi connectivity index (χ1v) is 9.44. The van der Waals surface area contributed by atoms with Gasteiger partial charge >= 0.3 is 0 Å². The van der Waals surface area contributed by atoms with Crippen molar-refractivity contribution in [3.05, 3.63) is 51.9 Å². The fraction of sp³-hybridized carbons (Fsp3) is 0.333.